The third-order valence-electron chi connectivity index (χ3n) is 2.31. The van der Waals surface area contributed by atoms with Crippen molar-refractivity contribution in [3.63, 3.8) is 0 Å². The second-order valence-electron chi connectivity index (χ2n) is 3.39. The summed E-state index contributed by atoms with van der Waals surface area (Å²) in [5.41, 5.74) is 1.72. The molecule has 4 heteroatoms. The molecule has 1 aromatic carbocycles. The normalized spacial score (nSPS) is 10.4. The first-order valence-electron chi connectivity index (χ1n) is 5.06. The minimum atomic E-state index is -0.0636. The summed E-state index contributed by atoms with van der Waals surface area (Å²) in [6, 6.07) is 9.67. The van der Waals surface area contributed by atoms with Crippen LogP contribution >= 0.6 is 22.6 Å². The number of benzene rings is 1. The van der Waals surface area contributed by atoms with E-state index in [2.05, 4.69) is 9.97 Å². The number of halogens is 1. The van der Waals surface area contributed by atoms with Crippen LogP contribution in [-0.4, -0.2) is 9.97 Å². The predicted octanol–water partition coefficient (Wildman–Crippen LogP) is 2.60. The number of aromatic nitrogens is 2. The molecule has 0 amide bonds. The summed E-state index contributed by atoms with van der Waals surface area (Å²) >= 11 is 2.03. The van der Waals surface area contributed by atoms with Gasteiger partial charge in [-0.1, -0.05) is 37.3 Å². The predicted molar refractivity (Wildman–Crippen MR) is 72.4 cm³/mol. The molecule has 0 spiro atoms. The lowest BCUT2D eigenvalue weighted by Gasteiger charge is -2.04. The molecule has 0 saturated carbocycles. The van der Waals surface area contributed by atoms with Crippen molar-refractivity contribution in [2.75, 3.05) is 0 Å². The highest BCUT2D eigenvalue weighted by Crippen LogP contribution is 2.14. The number of nitrogens with one attached hydrogen (secondary N) is 1. The molecule has 0 aliphatic carbocycles. The van der Waals surface area contributed by atoms with Crippen LogP contribution in [0.25, 0.3) is 11.4 Å². The number of aryl methyl sites for hydroxylation is 1. The Hall–Kier alpha value is -1.17. The van der Waals surface area contributed by atoms with Gasteiger partial charge in [-0.05, 0) is 29.0 Å². The number of nitrogens with zero attached hydrogens (tertiary/aromatic N) is 1. The summed E-state index contributed by atoms with van der Waals surface area (Å²) in [6.07, 6.45) is 0.766. The van der Waals surface area contributed by atoms with E-state index in [1.54, 1.807) is 0 Å². The maximum atomic E-state index is 11.7. The van der Waals surface area contributed by atoms with Gasteiger partial charge in [0, 0.05) is 5.56 Å². The molecule has 0 aliphatic heterocycles. The molecule has 82 valence electrons. The van der Waals surface area contributed by atoms with Gasteiger partial charge in [-0.15, -0.1) is 0 Å². The molecule has 0 radical (unpaired) electrons. The molecule has 1 aromatic heterocycles. The summed E-state index contributed by atoms with van der Waals surface area (Å²) in [4.78, 5) is 18.9. The van der Waals surface area contributed by atoms with Crippen LogP contribution in [0.4, 0.5) is 0 Å². The number of rotatable bonds is 2. The standard InChI is InChI=1S/C12H11IN2O/c1-2-9-10(13)12(16)15-11(14-9)8-6-4-3-5-7-8/h3-7H,2H2,1H3,(H,14,15,16). The summed E-state index contributed by atoms with van der Waals surface area (Å²) in [6.45, 7) is 2.00. The quantitative estimate of drug-likeness (QED) is 0.863. The van der Waals surface area contributed by atoms with Gasteiger partial charge in [0.05, 0.1) is 9.26 Å². The zero-order chi connectivity index (χ0) is 11.5. The van der Waals surface area contributed by atoms with Crippen LogP contribution in [0, 0.1) is 3.57 Å². The van der Waals surface area contributed by atoms with Gasteiger partial charge in [0.25, 0.3) is 5.56 Å². The van der Waals surface area contributed by atoms with E-state index in [0.29, 0.717) is 9.39 Å². The average Bonchev–Trinajstić information content (AvgIpc) is 2.33. The fraction of sp³-hybridized carbons (Fsp3) is 0.167. The SMILES string of the molecule is CCc1nc(-c2ccccc2)[nH]c(=O)c1I. The van der Waals surface area contributed by atoms with E-state index in [1.165, 1.54) is 0 Å². The molecule has 16 heavy (non-hydrogen) atoms. The lowest BCUT2D eigenvalue weighted by atomic mass is 10.2. The number of H-pyrrole nitrogens is 1. The number of aromatic amines is 1. The Morgan fingerprint density at radius 3 is 2.62 bits per heavy atom. The molecular weight excluding hydrogens is 315 g/mol. The van der Waals surface area contributed by atoms with Gasteiger partial charge in [0.2, 0.25) is 0 Å². The molecule has 0 aliphatic rings. The van der Waals surface area contributed by atoms with Crippen molar-refractivity contribution in [1.29, 1.82) is 0 Å². The van der Waals surface area contributed by atoms with Crippen molar-refractivity contribution in [3.05, 3.63) is 49.9 Å². The van der Waals surface area contributed by atoms with Crippen molar-refractivity contribution >= 4 is 22.6 Å². The Morgan fingerprint density at radius 2 is 2.00 bits per heavy atom. The van der Waals surface area contributed by atoms with E-state index in [1.807, 2.05) is 59.8 Å². The molecule has 2 aromatic rings. The topological polar surface area (TPSA) is 45.8 Å². The Bertz CT molecular complexity index is 549. The molecule has 0 atom stereocenters. The molecule has 0 fully saturated rings. The first kappa shape index (κ1) is 11.3. The first-order valence-corrected chi connectivity index (χ1v) is 6.14. The highest BCUT2D eigenvalue weighted by Gasteiger charge is 2.07. The highest BCUT2D eigenvalue weighted by atomic mass is 127. The number of hydrogen-bond acceptors (Lipinski definition) is 2. The molecule has 3 nitrogen and oxygen atoms in total. The van der Waals surface area contributed by atoms with Crippen LogP contribution in [0.3, 0.4) is 0 Å². The summed E-state index contributed by atoms with van der Waals surface area (Å²) in [7, 11) is 0. The van der Waals surface area contributed by atoms with E-state index >= 15 is 0 Å². The van der Waals surface area contributed by atoms with Crippen molar-refractivity contribution in [2.45, 2.75) is 13.3 Å². The lowest BCUT2D eigenvalue weighted by Crippen LogP contribution is -2.15. The zero-order valence-corrected chi connectivity index (χ0v) is 11.0. The van der Waals surface area contributed by atoms with E-state index < -0.39 is 0 Å². The fourth-order valence-corrected chi connectivity index (χ4v) is 2.11. The van der Waals surface area contributed by atoms with Gasteiger partial charge < -0.3 is 4.98 Å². The summed E-state index contributed by atoms with van der Waals surface area (Å²) < 4.78 is 0.680. The van der Waals surface area contributed by atoms with Gasteiger partial charge in [-0.3, -0.25) is 4.79 Å². The smallest absolute Gasteiger partial charge is 0.264 e. The average molecular weight is 326 g/mol. The van der Waals surface area contributed by atoms with Crippen LogP contribution in [-0.2, 0) is 6.42 Å². The largest absolute Gasteiger partial charge is 0.306 e. The van der Waals surface area contributed by atoms with E-state index in [4.69, 9.17) is 0 Å². The van der Waals surface area contributed by atoms with Crippen LogP contribution in [0.15, 0.2) is 35.1 Å². The Labute approximate surface area is 107 Å². The Balaban J connectivity index is 2.60. The van der Waals surface area contributed by atoms with Crippen molar-refractivity contribution in [1.82, 2.24) is 9.97 Å². The Morgan fingerprint density at radius 1 is 1.31 bits per heavy atom. The maximum absolute atomic E-state index is 11.7. The zero-order valence-electron chi connectivity index (χ0n) is 8.83. The fourth-order valence-electron chi connectivity index (χ4n) is 1.47. The third kappa shape index (κ3) is 2.16. The molecule has 0 unspecified atom stereocenters. The van der Waals surface area contributed by atoms with Crippen molar-refractivity contribution < 1.29 is 0 Å². The molecule has 0 saturated heterocycles. The summed E-state index contributed by atoms with van der Waals surface area (Å²) in [5.74, 6) is 0.642. The van der Waals surface area contributed by atoms with E-state index in [-0.39, 0.29) is 5.56 Å². The van der Waals surface area contributed by atoms with Crippen LogP contribution in [0.5, 0.6) is 0 Å². The molecule has 0 bridgehead atoms. The van der Waals surface area contributed by atoms with Gasteiger partial charge in [0.15, 0.2) is 0 Å². The van der Waals surface area contributed by atoms with E-state index in [0.717, 1.165) is 17.7 Å². The highest BCUT2D eigenvalue weighted by molar-refractivity contribution is 14.1. The second kappa shape index (κ2) is 4.78. The Kier molecular flexibility index (Phi) is 3.38. The van der Waals surface area contributed by atoms with Crippen LogP contribution < -0.4 is 5.56 Å². The minimum Gasteiger partial charge on any atom is -0.306 e. The van der Waals surface area contributed by atoms with Crippen molar-refractivity contribution in [2.24, 2.45) is 0 Å². The maximum Gasteiger partial charge on any atom is 0.264 e. The molecule has 2 rings (SSSR count). The molecular formula is C12H11IN2O. The molecule has 1 N–H and O–H groups in total. The second-order valence-corrected chi connectivity index (χ2v) is 4.47. The number of hydrogen-bond donors (Lipinski definition) is 1. The van der Waals surface area contributed by atoms with Crippen LogP contribution in [0.2, 0.25) is 0 Å². The van der Waals surface area contributed by atoms with Gasteiger partial charge in [-0.2, -0.15) is 0 Å². The monoisotopic (exact) mass is 326 g/mol. The van der Waals surface area contributed by atoms with Gasteiger partial charge in [0.1, 0.15) is 5.82 Å². The van der Waals surface area contributed by atoms with Crippen LogP contribution in [0.1, 0.15) is 12.6 Å². The van der Waals surface area contributed by atoms with Gasteiger partial charge >= 0.3 is 0 Å². The van der Waals surface area contributed by atoms with Crippen molar-refractivity contribution in [3.8, 4) is 11.4 Å². The third-order valence-corrected chi connectivity index (χ3v) is 3.43. The molecule has 1 heterocycles. The van der Waals surface area contributed by atoms with Gasteiger partial charge in [-0.25, -0.2) is 4.98 Å². The first-order chi connectivity index (χ1) is 7.72. The minimum absolute atomic E-state index is 0.0636. The lowest BCUT2D eigenvalue weighted by molar-refractivity contribution is 0.968. The van der Waals surface area contributed by atoms with E-state index in [9.17, 15) is 4.79 Å². The summed E-state index contributed by atoms with van der Waals surface area (Å²) in [5, 5.41) is 0.